The van der Waals surface area contributed by atoms with Crippen molar-refractivity contribution in [3.05, 3.63) is 71.8 Å². The van der Waals surface area contributed by atoms with E-state index in [0.29, 0.717) is 6.61 Å². The van der Waals surface area contributed by atoms with Crippen LogP contribution in [0.25, 0.3) is 0 Å². The molecule has 5 heteroatoms. The fraction of sp³-hybridized carbons (Fsp3) is 0.300. The number of hydrogen-bond acceptors (Lipinski definition) is 4. The third-order valence-electron chi connectivity index (χ3n) is 4.52. The SMILES string of the molecule is N=C(N)CC(=O)OCC1CCN1C(c1ccccc1)c1ccccc1. The minimum absolute atomic E-state index is 0.145. The van der Waals surface area contributed by atoms with Crippen LogP contribution in [-0.4, -0.2) is 35.9 Å². The minimum Gasteiger partial charge on any atom is -0.464 e. The summed E-state index contributed by atoms with van der Waals surface area (Å²) in [6.07, 6.45) is 0.844. The zero-order valence-corrected chi connectivity index (χ0v) is 14.1. The van der Waals surface area contributed by atoms with Crippen LogP contribution in [0.4, 0.5) is 0 Å². The molecule has 1 aliphatic rings. The number of rotatable bonds is 7. The molecule has 0 bridgehead atoms. The molecule has 3 rings (SSSR count). The molecule has 1 aliphatic heterocycles. The maximum atomic E-state index is 11.7. The van der Waals surface area contributed by atoms with E-state index >= 15 is 0 Å². The van der Waals surface area contributed by atoms with E-state index in [1.165, 1.54) is 11.1 Å². The van der Waals surface area contributed by atoms with Crippen molar-refractivity contribution < 1.29 is 9.53 Å². The van der Waals surface area contributed by atoms with Crippen LogP contribution in [0.2, 0.25) is 0 Å². The summed E-state index contributed by atoms with van der Waals surface area (Å²) in [5, 5.41) is 7.17. The third-order valence-corrected chi connectivity index (χ3v) is 4.52. The van der Waals surface area contributed by atoms with Gasteiger partial charge in [-0.3, -0.25) is 15.1 Å². The molecule has 2 aromatic carbocycles. The molecule has 0 aliphatic carbocycles. The number of hydrogen-bond donors (Lipinski definition) is 2. The highest BCUT2D eigenvalue weighted by atomic mass is 16.5. The van der Waals surface area contributed by atoms with Crippen LogP contribution in [0.1, 0.15) is 30.0 Å². The van der Waals surface area contributed by atoms with Gasteiger partial charge in [0.15, 0.2) is 0 Å². The molecule has 5 nitrogen and oxygen atoms in total. The molecule has 130 valence electrons. The Morgan fingerprint density at radius 3 is 2.12 bits per heavy atom. The van der Waals surface area contributed by atoms with E-state index in [4.69, 9.17) is 15.9 Å². The first kappa shape index (κ1) is 17.2. The average molecular weight is 337 g/mol. The average Bonchev–Trinajstić information content (AvgIpc) is 2.59. The summed E-state index contributed by atoms with van der Waals surface area (Å²) in [5.41, 5.74) is 7.71. The van der Waals surface area contributed by atoms with Gasteiger partial charge in [-0.05, 0) is 17.5 Å². The summed E-state index contributed by atoms with van der Waals surface area (Å²) >= 11 is 0. The Labute approximate surface area is 147 Å². The van der Waals surface area contributed by atoms with Gasteiger partial charge in [-0.1, -0.05) is 60.7 Å². The topological polar surface area (TPSA) is 79.4 Å². The van der Waals surface area contributed by atoms with Gasteiger partial charge in [0.2, 0.25) is 0 Å². The Hall–Kier alpha value is -2.66. The second-order valence-corrected chi connectivity index (χ2v) is 6.29. The highest BCUT2D eigenvalue weighted by molar-refractivity contribution is 5.94. The van der Waals surface area contributed by atoms with E-state index in [-0.39, 0.29) is 24.3 Å². The smallest absolute Gasteiger partial charge is 0.313 e. The maximum Gasteiger partial charge on any atom is 0.313 e. The Balaban J connectivity index is 1.73. The van der Waals surface area contributed by atoms with E-state index in [9.17, 15) is 4.79 Å². The second-order valence-electron chi connectivity index (χ2n) is 6.29. The van der Waals surface area contributed by atoms with Crippen LogP contribution in [0, 0.1) is 5.41 Å². The first-order valence-corrected chi connectivity index (χ1v) is 8.49. The number of amidine groups is 1. The lowest BCUT2D eigenvalue weighted by Gasteiger charge is -2.46. The van der Waals surface area contributed by atoms with Gasteiger partial charge in [0.1, 0.15) is 18.9 Å². The highest BCUT2D eigenvalue weighted by Gasteiger charge is 2.36. The van der Waals surface area contributed by atoms with E-state index in [1.807, 2.05) is 36.4 Å². The Bertz CT molecular complexity index is 679. The van der Waals surface area contributed by atoms with Crippen molar-refractivity contribution in [1.29, 1.82) is 5.41 Å². The number of nitrogens with two attached hydrogens (primary N) is 1. The van der Waals surface area contributed by atoms with Gasteiger partial charge in [0.25, 0.3) is 0 Å². The van der Waals surface area contributed by atoms with Gasteiger partial charge in [-0.2, -0.15) is 0 Å². The molecule has 1 fully saturated rings. The highest BCUT2D eigenvalue weighted by Crippen LogP contribution is 2.35. The van der Waals surface area contributed by atoms with Crippen molar-refractivity contribution >= 4 is 11.8 Å². The van der Waals surface area contributed by atoms with Crippen LogP contribution in [0.3, 0.4) is 0 Å². The third kappa shape index (κ3) is 4.25. The quantitative estimate of drug-likeness (QED) is 0.462. The summed E-state index contributed by atoms with van der Waals surface area (Å²) in [7, 11) is 0. The van der Waals surface area contributed by atoms with E-state index < -0.39 is 5.97 Å². The second kappa shape index (κ2) is 7.94. The molecule has 0 aromatic heterocycles. The fourth-order valence-corrected chi connectivity index (χ4v) is 3.22. The molecule has 1 atom stereocenters. The van der Waals surface area contributed by atoms with Crippen LogP contribution < -0.4 is 5.73 Å². The Morgan fingerprint density at radius 1 is 1.12 bits per heavy atom. The molecule has 2 aromatic rings. The lowest BCUT2D eigenvalue weighted by atomic mass is 9.91. The standard InChI is InChI=1S/C20H23N3O2/c21-18(22)13-19(24)25-14-17-11-12-23(17)20(15-7-3-1-4-8-15)16-9-5-2-6-10-16/h1-10,17,20H,11-14H2,(H3,21,22). The number of nitrogens with one attached hydrogen (secondary N) is 1. The Morgan fingerprint density at radius 2 is 1.68 bits per heavy atom. The monoisotopic (exact) mass is 337 g/mol. The zero-order chi connectivity index (χ0) is 17.6. The van der Waals surface area contributed by atoms with E-state index in [2.05, 4.69) is 29.2 Å². The number of esters is 1. The van der Waals surface area contributed by atoms with Gasteiger partial charge in [-0.25, -0.2) is 0 Å². The van der Waals surface area contributed by atoms with Crippen molar-refractivity contribution in [3.63, 3.8) is 0 Å². The molecule has 3 N–H and O–H groups in total. The molecule has 25 heavy (non-hydrogen) atoms. The molecule has 0 amide bonds. The van der Waals surface area contributed by atoms with Crippen molar-refractivity contribution in [2.45, 2.75) is 24.9 Å². The van der Waals surface area contributed by atoms with Crippen molar-refractivity contribution in [1.82, 2.24) is 4.90 Å². The number of carbonyl (C=O) groups excluding carboxylic acids is 1. The number of likely N-dealkylation sites (tertiary alicyclic amines) is 1. The molecular weight excluding hydrogens is 314 g/mol. The molecule has 0 saturated carbocycles. The fourth-order valence-electron chi connectivity index (χ4n) is 3.22. The van der Waals surface area contributed by atoms with Gasteiger partial charge in [-0.15, -0.1) is 0 Å². The summed E-state index contributed by atoms with van der Waals surface area (Å²) in [6, 6.07) is 21.1. The Kier molecular flexibility index (Phi) is 5.46. The molecule has 0 radical (unpaired) electrons. The number of ether oxygens (including phenoxy) is 1. The first-order chi connectivity index (χ1) is 12.1. The number of carbonyl (C=O) groups is 1. The predicted molar refractivity (Wildman–Crippen MR) is 97.3 cm³/mol. The van der Waals surface area contributed by atoms with Gasteiger partial charge in [0.05, 0.1) is 6.04 Å². The van der Waals surface area contributed by atoms with Gasteiger partial charge < -0.3 is 10.5 Å². The number of benzene rings is 2. The van der Waals surface area contributed by atoms with Crippen molar-refractivity contribution in [2.24, 2.45) is 5.73 Å². The minimum atomic E-state index is -0.435. The lowest BCUT2D eigenvalue weighted by molar-refractivity contribution is -0.146. The zero-order valence-electron chi connectivity index (χ0n) is 14.1. The van der Waals surface area contributed by atoms with E-state index in [0.717, 1.165) is 13.0 Å². The summed E-state index contributed by atoms with van der Waals surface area (Å²) in [5.74, 6) is -0.600. The molecular formula is C20H23N3O2. The molecule has 0 spiro atoms. The van der Waals surface area contributed by atoms with Crippen molar-refractivity contribution in [3.8, 4) is 0 Å². The summed E-state index contributed by atoms with van der Waals surface area (Å²) < 4.78 is 5.31. The maximum absolute atomic E-state index is 11.7. The van der Waals surface area contributed by atoms with Crippen molar-refractivity contribution in [2.75, 3.05) is 13.2 Å². The van der Waals surface area contributed by atoms with Crippen LogP contribution in [0.15, 0.2) is 60.7 Å². The molecule has 1 saturated heterocycles. The normalized spacial score (nSPS) is 17.1. The van der Waals surface area contributed by atoms with Crippen LogP contribution >= 0.6 is 0 Å². The largest absolute Gasteiger partial charge is 0.464 e. The van der Waals surface area contributed by atoms with Gasteiger partial charge >= 0.3 is 5.97 Å². The lowest BCUT2D eigenvalue weighted by Crippen LogP contribution is -2.52. The summed E-state index contributed by atoms with van der Waals surface area (Å²) in [6.45, 7) is 1.30. The predicted octanol–water partition coefficient (Wildman–Crippen LogP) is 2.72. The molecule has 1 unspecified atom stereocenters. The molecule has 1 heterocycles. The van der Waals surface area contributed by atoms with Gasteiger partial charge in [0, 0.05) is 12.6 Å². The van der Waals surface area contributed by atoms with Crippen LogP contribution in [0.5, 0.6) is 0 Å². The summed E-state index contributed by atoms with van der Waals surface area (Å²) in [4.78, 5) is 14.0. The van der Waals surface area contributed by atoms with E-state index in [1.54, 1.807) is 0 Å². The number of nitrogens with zero attached hydrogens (tertiary/aromatic N) is 1. The first-order valence-electron chi connectivity index (χ1n) is 8.49. The van der Waals surface area contributed by atoms with Crippen LogP contribution in [-0.2, 0) is 9.53 Å².